The van der Waals surface area contributed by atoms with Gasteiger partial charge in [-0.3, -0.25) is 9.67 Å². The van der Waals surface area contributed by atoms with Crippen LogP contribution in [0.25, 0.3) is 10.9 Å². The Morgan fingerprint density at radius 2 is 1.94 bits per heavy atom. The van der Waals surface area contributed by atoms with E-state index in [1.807, 2.05) is 13.1 Å². The van der Waals surface area contributed by atoms with Crippen molar-refractivity contribution in [2.75, 3.05) is 17.2 Å². The van der Waals surface area contributed by atoms with Gasteiger partial charge in [-0.05, 0) is 49.2 Å². The van der Waals surface area contributed by atoms with Gasteiger partial charge in [0.15, 0.2) is 0 Å². The van der Waals surface area contributed by atoms with Gasteiger partial charge in [0.1, 0.15) is 17.3 Å². The van der Waals surface area contributed by atoms with E-state index in [1.54, 1.807) is 23.0 Å². The van der Waals surface area contributed by atoms with Crippen LogP contribution in [0.1, 0.15) is 24.2 Å². The van der Waals surface area contributed by atoms with Crippen molar-refractivity contribution in [3.05, 3.63) is 77.1 Å². The maximum Gasteiger partial charge on any atom is 0.433 e. The lowest BCUT2D eigenvalue weighted by molar-refractivity contribution is -0.140. The normalized spacial score (nSPS) is 20.0. The summed E-state index contributed by atoms with van der Waals surface area (Å²) in [6.07, 6.45) is -0.480. The number of hydrogen-bond donors (Lipinski definition) is 2. The molecule has 0 spiro atoms. The van der Waals surface area contributed by atoms with E-state index < -0.39 is 23.1 Å². The lowest BCUT2D eigenvalue weighted by Crippen LogP contribution is -2.53. The number of aromatic nitrogens is 4. The second-order valence-electron chi connectivity index (χ2n) is 8.80. The van der Waals surface area contributed by atoms with E-state index in [-0.39, 0.29) is 23.8 Å². The SMILES string of the molecule is Cn1nccc1NC1CC(CNc2cc(C(F)(F)F)nc3ccc(Cl)cc23)(c2ccc(F)cn2)C1. The van der Waals surface area contributed by atoms with Crippen LogP contribution in [0.2, 0.25) is 5.02 Å². The van der Waals surface area contributed by atoms with Crippen molar-refractivity contribution in [1.29, 1.82) is 0 Å². The highest BCUT2D eigenvalue weighted by Gasteiger charge is 2.47. The van der Waals surface area contributed by atoms with Crippen molar-refractivity contribution in [2.24, 2.45) is 7.05 Å². The van der Waals surface area contributed by atoms with E-state index in [0.29, 0.717) is 28.9 Å². The largest absolute Gasteiger partial charge is 0.433 e. The van der Waals surface area contributed by atoms with Gasteiger partial charge in [0.2, 0.25) is 0 Å². The highest BCUT2D eigenvalue weighted by atomic mass is 35.5. The Labute approximate surface area is 203 Å². The van der Waals surface area contributed by atoms with Gasteiger partial charge >= 0.3 is 6.18 Å². The highest BCUT2D eigenvalue weighted by Crippen LogP contribution is 2.45. The number of nitrogens with zero attached hydrogens (tertiary/aromatic N) is 4. The zero-order valence-electron chi connectivity index (χ0n) is 18.6. The Morgan fingerprint density at radius 1 is 1.14 bits per heavy atom. The Kier molecular flexibility index (Phi) is 5.79. The summed E-state index contributed by atoms with van der Waals surface area (Å²) in [5, 5.41) is 11.6. The van der Waals surface area contributed by atoms with Crippen LogP contribution in [-0.2, 0) is 18.6 Å². The van der Waals surface area contributed by atoms with Crippen molar-refractivity contribution >= 4 is 34.0 Å². The maximum atomic E-state index is 13.6. The molecule has 1 aromatic carbocycles. The fourth-order valence-corrected chi connectivity index (χ4v) is 4.77. The van der Waals surface area contributed by atoms with Crippen molar-refractivity contribution in [3.63, 3.8) is 0 Å². The van der Waals surface area contributed by atoms with Gasteiger partial charge < -0.3 is 10.6 Å². The number of halogens is 5. The summed E-state index contributed by atoms with van der Waals surface area (Å²) < 4.78 is 55.8. The number of pyridine rings is 2. The predicted molar refractivity (Wildman–Crippen MR) is 126 cm³/mol. The van der Waals surface area contributed by atoms with E-state index in [9.17, 15) is 17.6 Å². The molecule has 0 amide bonds. The second-order valence-corrected chi connectivity index (χ2v) is 9.24. The molecule has 1 aliphatic rings. The van der Waals surface area contributed by atoms with Gasteiger partial charge in [-0.1, -0.05) is 11.6 Å². The summed E-state index contributed by atoms with van der Waals surface area (Å²) in [4.78, 5) is 8.05. The first-order chi connectivity index (χ1) is 16.6. The minimum absolute atomic E-state index is 0.0911. The van der Waals surface area contributed by atoms with E-state index in [2.05, 4.69) is 25.7 Å². The number of hydrogen-bond acceptors (Lipinski definition) is 5. The van der Waals surface area contributed by atoms with Gasteiger partial charge in [0, 0.05) is 52.9 Å². The summed E-state index contributed by atoms with van der Waals surface area (Å²) in [5.41, 5.74) is -0.384. The number of benzene rings is 1. The minimum atomic E-state index is -4.60. The third-order valence-electron chi connectivity index (χ3n) is 6.40. The zero-order valence-corrected chi connectivity index (χ0v) is 19.3. The monoisotopic (exact) mass is 504 g/mol. The number of aryl methyl sites for hydroxylation is 1. The molecule has 0 unspecified atom stereocenters. The number of fused-ring (bicyclic) bond motifs is 1. The molecule has 3 heterocycles. The molecule has 4 aromatic rings. The number of alkyl halides is 3. The number of anilines is 2. The van der Waals surface area contributed by atoms with Gasteiger partial charge in [0.25, 0.3) is 0 Å². The molecule has 182 valence electrons. The summed E-state index contributed by atoms with van der Waals surface area (Å²) in [7, 11) is 1.83. The molecular formula is C24H21ClF4N6. The third-order valence-corrected chi connectivity index (χ3v) is 6.63. The molecule has 6 nitrogen and oxygen atoms in total. The second kappa shape index (κ2) is 8.67. The van der Waals surface area contributed by atoms with Gasteiger partial charge in [0.05, 0.1) is 17.9 Å². The predicted octanol–water partition coefficient (Wildman–Crippen LogP) is 5.80. The molecule has 35 heavy (non-hydrogen) atoms. The molecule has 0 aliphatic heterocycles. The maximum absolute atomic E-state index is 13.6. The smallest absolute Gasteiger partial charge is 0.383 e. The molecule has 0 atom stereocenters. The van der Waals surface area contributed by atoms with Crippen LogP contribution in [0.4, 0.5) is 29.1 Å². The van der Waals surface area contributed by atoms with Crippen LogP contribution in [0.15, 0.2) is 54.9 Å². The molecule has 3 aromatic heterocycles. The van der Waals surface area contributed by atoms with Gasteiger partial charge in [-0.15, -0.1) is 0 Å². The quantitative estimate of drug-likeness (QED) is 0.325. The van der Waals surface area contributed by atoms with E-state index in [1.165, 1.54) is 18.2 Å². The first kappa shape index (κ1) is 23.3. The van der Waals surface area contributed by atoms with Crippen LogP contribution in [0.5, 0.6) is 0 Å². The molecule has 1 saturated carbocycles. The average molecular weight is 505 g/mol. The summed E-state index contributed by atoms with van der Waals surface area (Å²) in [6, 6.07) is 10.5. The average Bonchev–Trinajstić information content (AvgIpc) is 3.19. The standard InChI is InChI=1S/C24H21ClF4N6/c1-35-22(6-7-32-35)33-16-10-23(11-16,20-5-3-15(26)12-30-20)13-31-19-9-21(24(27,28)29)34-18-4-2-14(25)8-17(18)19/h2-9,12,16,33H,10-11,13H2,1H3,(H,31,34). The summed E-state index contributed by atoms with van der Waals surface area (Å²) >= 11 is 6.12. The van der Waals surface area contributed by atoms with Crippen LogP contribution < -0.4 is 10.6 Å². The lowest BCUT2D eigenvalue weighted by Gasteiger charge is -2.48. The van der Waals surface area contributed by atoms with Crippen LogP contribution in [-0.4, -0.2) is 32.3 Å². The molecule has 1 aliphatic carbocycles. The van der Waals surface area contributed by atoms with E-state index in [0.717, 1.165) is 18.1 Å². The first-order valence-corrected chi connectivity index (χ1v) is 11.3. The van der Waals surface area contributed by atoms with Crippen molar-refractivity contribution in [2.45, 2.75) is 30.5 Å². The minimum Gasteiger partial charge on any atom is -0.383 e. The molecule has 0 radical (unpaired) electrons. The molecule has 5 rings (SSSR count). The fraction of sp³-hybridized carbons (Fsp3) is 0.292. The zero-order chi connectivity index (χ0) is 24.8. The summed E-state index contributed by atoms with van der Waals surface area (Å²) in [6.45, 7) is 0.290. The van der Waals surface area contributed by atoms with Crippen LogP contribution in [0, 0.1) is 5.82 Å². The molecule has 1 fully saturated rings. The lowest BCUT2D eigenvalue weighted by atomic mass is 9.63. The highest BCUT2D eigenvalue weighted by molar-refractivity contribution is 6.31. The van der Waals surface area contributed by atoms with E-state index >= 15 is 0 Å². The summed E-state index contributed by atoms with van der Waals surface area (Å²) in [5.74, 6) is 0.401. The number of nitrogens with one attached hydrogen (secondary N) is 2. The molecule has 0 bridgehead atoms. The first-order valence-electron chi connectivity index (χ1n) is 10.9. The molecular weight excluding hydrogens is 484 g/mol. The Hall–Kier alpha value is -3.40. The topological polar surface area (TPSA) is 67.7 Å². The Balaban J connectivity index is 1.45. The molecule has 0 saturated heterocycles. The van der Waals surface area contributed by atoms with E-state index in [4.69, 9.17) is 11.6 Å². The van der Waals surface area contributed by atoms with Crippen molar-refractivity contribution in [3.8, 4) is 0 Å². The fourth-order valence-electron chi connectivity index (χ4n) is 4.60. The molecule has 11 heteroatoms. The number of rotatable bonds is 6. The Morgan fingerprint density at radius 3 is 2.60 bits per heavy atom. The van der Waals surface area contributed by atoms with Gasteiger partial charge in [-0.25, -0.2) is 9.37 Å². The van der Waals surface area contributed by atoms with Crippen molar-refractivity contribution in [1.82, 2.24) is 19.7 Å². The third kappa shape index (κ3) is 4.62. The Bertz CT molecular complexity index is 1360. The van der Waals surface area contributed by atoms with Crippen molar-refractivity contribution < 1.29 is 17.6 Å². The molecule has 2 N–H and O–H groups in total. The van der Waals surface area contributed by atoms with Crippen LogP contribution >= 0.6 is 11.6 Å². The van der Waals surface area contributed by atoms with Crippen LogP contribution in [0.3, 0.4) is 0 Å². The van der Waals surface area contributed by atoms with Gasteiger partial charge in [-0.2, -0.15) is 18.3 Å².